The third kappa shape index (κ3) is 3.83. The molecule has 0 aliphatic carbocycles. The third-order valence-electron chi connectivity index (χ3n) is 4.39. The topological polar surface area (TPSA) is 30.5 Å². The van der Waals surface area contributed by atoms with Crippen molar-refractivity contribution in [2.45, 2.75) is 19.0 Å². The third-order valence-corrected chi connectivity index (χ3v) is 4.39. The van der Waals surface area contributed by atoms with E-state index < -0.39 is 0 Å². The van der Waals surface area contributed by atoms with Gasteiger partial charge in [-0.3, -0.25) is 0 Å². The van der Waals surface area contributed by atoms with Gasteiger partial charge in [0.25, 0.3) is 0 Å². The second kappa shape index (κ2) is 7.41. The molecule has 25 heavy (non-hydrogen) atoms. The zero-order valence-electron chi connectivity index (χ0n) is 14.0. The summed E-state index contributed by atoms with van der Waals surface area (Å²) >= 11 is 0. The van der Waals surface area contributed by atoms with Gasteiger partial charge >= 0.3 is 0 Å². The van der Waals surface area contributed by atoms with E-state index in [4.69, 9.17) is 9.47 Å². The van der Waals surface area contributed by atoms with Gasteiger partial charge in [0, 0.05) is 24.6 Å². The molecule has 3 aromatic carbocycles. The van der Waals surface area contributed by atoms with Crippen LogP contribution in [0, 0.1) is 0 Å². The Hall–Kier alpha value is -2.78. The van der Waals surface area contributed by atoms with E-state index in [1.54, 1.807) is 0 Å². The number of hydrogen-bond donors (Lipinski definition) is 1. The minimum atomic E-state index is 0.323. The summed E-state index contributed by atoms with van der Waals surface area (Å²) in [7, 11) is 0. The predicted octanol–water partition coefficient (Wildman–Crippen LogP) is 5.09. The number of nitrogens with one attached hydrogen (secondary N) is 1. The first-order valence-corrected chi connectivity index (χ1v) is 8.65. The van der Waals surface area contributed by atoms with Gasteiger partial charge < -0.3 is 14.8 Å². The summed E-state index contributed by atoms with van der Waals surface area (Å²) in [6, 6.07) is 26.7. The summed E-state index contributed by atoms with van der Waals surface area (Å²) in [5.74, 6) is 2.70. The van der Waals surface area contributed by atoms with Crippen molar-refractivity contribution in [2.24, 2.45) is 0 Å². The van der Waals surface area contributed by atoms with Crippen LogP contribution in [0.4, 0.5) is 0 Å². The molecule has 0 bridgehead atoms. The van der Waals surface area contributed by atoms with E-state index in [-0.39, 0.29) is 0 Å². The molecule has 0 unspecified atom stereocenters. The van der Waals surface area contributed by atoms with Gasteiger partial charge in [0.15, 0.2) is 0 Å². The maximum absolute atomic E-state index is 5.92. The zero-order valence-corrected chi connectivity index (χ0v) is 14.0. The lowest BCUT2D eigenvalue weighted by atomic mass is 10.0. The van der Waals surface area contributed by atoms with Crippen LogP contribution in [-0.2, 0) is 6.54 Å². The lowest BCUT2D eigenvalue weighted by Crippen LogP contribution is -2.26. The predicted molar refractivity (Wildman–Crippen MR) is 99.1 cm³/mol. The molecule has 0 saturated carbocycles. The minimum Gasteiger partial charge on any atom is -0.493 e. The van der Waals surface area contributed by atoms with E-state index >= 15 is 0 Å². The van der Waals surface area contributed by atoms with E-state index in [2.05, 4.69) is 29.6 Å². The molecule has 0 spiro atoms. The summed E-state index contributed by atoms with van der Waals surface area (Å²) in [4.78, 5) is 0. The van der Waals surface area contributed by atoms with Crippen LogP contribution in [0.25, 0.3) is 0 Å². The highest BCUT2D eigenvalue weighted by molar-refractivity contribution is 5.38. The first-order chi connectivity index (χ1) is 12.4. The van der Waals surface area contributed by atoms with Gasteiger partial charge in [0.2, 0.25) is 0 Å². The smallest absolute Gasteiger partial charge is 0.127 e. The van der Waals surface area contributed by atoms with Crippen LogP contribution in [0.15, 0.2) is 78.9 Å². The van der Waals surface area contributed by atoms with Crippen molar-refractivity contribution in [1.29, 1.82) is 0 Å². The molecule has 1 aliphatic heterocycles. The first-order valence-electron chi connectivity index (χ1n) is 8.65. The fourth-order valence-electron chi connectivity index (χ4n) is 3.14. The molecule has 1 heterocycles. The SMILES string of the molecule is c1ccc(Oc2cccc(CN[C@H]3CCOc4ccccc43)c2)cc1. The average molecular weight is 331 g/mol. The van der Waals surface area contributed by atoms with Gasteiger partial charge in [-0.2, -0.15) is 0 Å². The highest BCUT2D eigenvalue weighted by Crippen LogP contribution is 2.31. The molecule has 0 amide bonds. The highest BCUT2D eigenvalue weighted by atomic mass is 16.5. The number of hydrogen-bond acceptors (Lipinski definition) is 3. The quantitative estimate of drug-likeness (QED) is 0.706. The van der Waals surface area contributed by atoms with Crippen LogP contribution >= 0.6 is 0 Å². The molecule has 3 aromatic rings. The molecule has 0 saturated heterocycles. The molecule has 3 nitrogen and oxygen atoms in total. The summed E-state index contributed by atoms with van der Waals surface area (Å²) in [6.45, 7) is 1.55. The normalized spacial score (nSPS) is 15.9. The number of rotatable bonds is 5. The molecule has 1 aliphatic rings. The standard InChI is InChI=1S/C22H21NO2/c1-2-8-18(9-3-1)25-19-10-6-7-17(15-19)16-23-21-13-14-24-22-12-5-4-11-20(21)22/h1-12,15,21,23H,13-14,16H2/t21-/m0/s1. The molecule has 0 aromatic heterocycles. The molecule has 1 atom stereocenters. The van der Waals surface area contributed by atoms with Gasteiger partial charge in [-0.1, -0.05) is 48.5 Å². The van der Waals surface area contributed by atoms with Crippen molar-refractivity contribution in [2.75, 3.05) is 6.61 Å². The maximum Gasteiger partial charge on any atom is 0.127 e. The van der Waals surface area contributed by atoms with E-state index in [9.17, 15) is 0 Å². The van der Waals surface area contributed by atoms with Crippen molar-refractivity contribution in [3.8, 4) is 17.2 Å². The van der Waals surface area contributed by atoms with Crippen molar-refractivity contribution in [1.82, 2.24) is 5.32 Å². The van der Waals surface area contributed by atoms with Crippen LogP contribution in [0.1, 0.15) is 23.6 Å². The molecule has 1 N–H and O–H groups in total. The van der Waals surface area contributed by atoms with Gasteiger partial charge in [0.1, 0.15) is 17.2 Å². The molecule has 126 valence electrons. The van der Waals surface area contributed by atoms with Crippen molar-refractivity contribution >= 4 is 0 Å². The van der Waals surface area contributed by atoms with Crippen molar-refractivity contribution in [3.63, 3.8) is 0 Å². The Morgan fingerprint density at radius 2 is 1.68 bits per heavy atom. The monoisotopic (exact) mass is 331 g/mol. The molecular formula is C22H21NO2. The lowest BCUT2D eigenvalue weighted by Gasteiger charge is -2.26. The number of ether oxygens (including phenoxy) is 2. The molecule has 3 heteroatoms. The largest absolute Gasteiger partial charge is 0.493 e. The fourth-order valence-corrected chi connectivity index (χ4v) is 3.14. The Morgan fingerprint density at radius 1 is 0.880 bits per heavy atom. The molecule has 0 radical (unpaired) electrons. The van der Waals surface area contributed by atoms with Crippen LogP contribution in [-0.4, -0.2) is 6.61 Å². The summed E-state index contributed by atoms with van der Waals surface area (Å²) in [5, 5.41) is 3.65. The summed E-state index contributed by atoms with van der Waals surface area (Å²) in [5.41, 5.74) is 2.45. The molecular weight excluding hydrogens is 310 g/mol. The van der Waals surface area contributed by atoms with Crippen LogP contribution in [0.3, 0.4) is 0 Å². The Balaban J connectivity index is 1.43. The number of fused-ring (bicyclic) bond motifs is 1. The first kappa shape index (κ1) is 15.7. The fraction of sp³-hybridized carbons (Fsp3) is 0.182. The highest BCUT2D eigenvalue weighted by Gasteiger charge is 2.20. The van der Waals surface area contributed by atoms with Gasteiger partial charge in [-0.05, 0) is 35.9 Å². The Morgan fingerprint density at radius 3 is 2.60 bits per heavy atom. The van der Waals surface area contributed by atoms with E-state index in [1.807, 2.05) is 54.6 Å². The van der Waals surface area contributed by atoms with Gasteiger partial charge in [-0.25, -0.2) is 0 Å². The summed E-state index contributed by atoms with van der Waals surface area (Å²) < 4.78 is 11.7. The van der Waals surface area contributed by atoms with E-state index in [0.717, 1.165) is 36.8 Å². The minimum absolute atomic E-state index is 0.323. The molecule has 0 fully saturated rings. The number of benzene rings is 3. The summed E-state index contributed by atoms with van der Waals surface area (Å²) in [6.07, 6.45) is 0.983. The van der Waals surface area contributed by atoms with Gasteiger partial charge in [0.05, 0.1) is 6.61 Å². The van der Waals surface area contributed by atoms with E-state index in [1.165, 1.54) is 11.1 Å². The Labute approximate surface area is 148 Å². The second-order valence-corrected chi connectivity index (χ2v) is 6.17. The maximum atomic E-state index is 5.92. The van der Waals surface area contributed by atoms with Crippen molar-refractivity contribution in [3.05, 3.63) is 90.0 Å². The second-order valence-electron chi connectivity index (χ2n) is 6.17. The van der Waals surface area contributed by atoms with Gasteiger partial charge in [-0.15, -0.1) is 0 Å². The van der Waals surface area contributed by atoms with Crippen LogP contribution in [0.2, 0.25) is 0 Å². The Bertz CT molecular complexity index is 832. The molecule has 4 rings (SSSR count). The van der Waals surface area contributed by atoms with E-state index in [0.29, 0.717) is 6.04 Å². The Kier molecular flexibility index (Phi) is 4.66. The zero-order chi connectivity index (χ0) is 16.9. The van der Waals surface area contributed by atoms with Crippen LogP contribution < -0.4 is 14.8 Å². The average Bonchev–Trinajstić information content (AvgIpc) is 2.67. The number of para-hydroxylation sites is 2. The van der Waals surface area contributed by atoms with Crippen molar-refractivity contribution < 1.29 is 9.47 Å². The lowest BCUT2D eigenvalue weighted by molar-refractivity contribution is 0.252. The van der Waals surface area contributed by atoms with Crippen LogP contribution in [0.5, 0.6) is 17.2 Å².